The number of aromatic nitrogens is 3. The first-order valence-corrected chi connectivity index (χ1v) is 6.98. The molecule has 0 saturated heterocycles. The molecular weight excluding hydrogens is 301 g/mol. The topological polar surface area (TPSA) is 75.9 Å². The van der Waals surface area contributed by atoms with Crippen LogP contribution in [0, 0.1) is 6.92 Å². The summed E-state index contributed by atoms with van der Waals surface area (Å²) in [5, 5.41) is 10.8. The first kappa shape index (κ1) is 14.9. The van der Waals surface area contributed by atoms with E-state index in [2.05, 4.69) is 32.7 Å². The second kappa shape index (κ2) is 6.76. The van der Waals surface area contributed by atoms with E-state index < -0.39 is 0 Å². The molecule has 2 aromatic rings. The predicted molar refractivity (Wildman–Crippen MR) is 79.4 cm³/mol. The average molecular weight is 316 g/mol. The lowest BCUT2D eigenvalue weighted by molar-refractivity contribution is 0.379. The van der Waals surface area contributed by atoms with Crippen LogP contribution in [0.3, 0.4) is 0 Å². The minimum absolute atomic E-state index is 0.350. The van der Waals surface area contributed by atoms with Gasteiger partial charge in [-0.05, 0) is 19.4 Å². The van der Waals surface area contributed by atoms with Crippen LogP contribution >= 0.6 is 23.2 Å². The molecule has 0 saturated carbocycles. The fourth-order valence-electron chi connectivity index (χ4n) is 1.53. The van der Waals surface area contributed by atoms with Crippen molar-refractivity contribution in [1.29, 1.82) is 0 Å². The zero-order valence-electron chi connectivity index (χ0n) is 11.2. The molecule has 0 amide bonds. The van der Waals surface area contributed by atoms with Crippen molar-refractivity contribution in [3.63, 3.8) is 0 Å². The van der Waals surface area contributed by atoms with Gasteiger partial charge in [0.25, 0.3) is 0 Å². The van der Waals surface area contributed by atoms with Crippen LogP contribution in [0.5, 0.6) is 0 Å². The molecule has 0 aromatic carbocycles. The summed E-state index contributed by atoms with van der Waals surface area (Å²) in [7, 11) is 0. The fraction of sp³-hybridized carbons (Fsp3) is 0.417. The molecule has 8 heteroatoms. The van der Waals surface area contributed by atoms with Crippen LogP contribution in [0.2, 0.25) is 10.0 Å². The molecule has 0 aliphatic rings. The average Bonchev–Trinajstić information content (AvgIpc) is 2.82. The van der Waals surface area contributed by atoms with Gasteiger partial charge in [0.15, 0.2) is 5.82 Å². The van der Waals surface area contributed by atoms with E-state index in [1.54, 1.807) is 13.0 Å². The standard InChI is InChI=1S/C12H15Cl2N5O/c1-3-4-15-11-8(13)5-9(14)12(18-11)16-6-10-17-7(2)19-20-10/h5H,3-4,6H2,1-2H3,(H2,15,16,18). The molecule has 0 aliphatic heterocycles. The largest absolute Gasteiger partial charge is 0.369 e. The number of anilines is 2. The van der Waals surface area contributed by atoms with Crippen LogP contribution in [0.1, 0.15) is 25.1 Å². The van der Waals surface area contributed by atoms with E-state index in [9.17, 15) is 0 Å². The highest BCUT2D eigenvalue weighted by Crippen LogP contribution is 2.29. The van der Waals surface area contributed by atoms with Gasteiger partial charge in [-0.3, -0.25) is 0 Å². The molecule has 0 radical (unpaired) electrons. The number of pyridine rings is 1. The Hall–Kier alpha value is -1.53. The van der Waals surface area contributed by atoms with Gasteiger partial charge in [0.1, 0.15) is 11.6 Å². The summed E-state index contributed by atoms with van der Waals surface area (Å²) in [6, 6.07) is 1.65. The number of aryl methyl sites for hydroxylation is 1. The Morgan fingerprint density at radius 1 is 1.15 bits per heavy atom. The molecule has 2 N–H and O–H groups in total. The Bertz CT molecular complexity index is 587. The molecule has 0 fully saturated rings. The van der Waals surface area contributed by atoms with Crippen molar-refractivity contribution in [2.24, 2.45) is 0 Å². The summed E-state index contributed by atoms with van der Waals surface area (Å²) in [5.74, 6) is 2.17. The third-order valence-corrected chi connectivity index (χ3v) is 3.02. The lowest BCUT2D eigenvalue weighted by Gasteiger charge is -2.11. The number of hydrogen-bond acceptors (Lipinski definition) is 6. The van der Waals surface area contributed by atoms with Crippen molar-refractivity contribution in [3.05, 3.63) is 27.8 Å². The second-order valence-electron chi connectivity index (χ2n) is 4.16. The first-order chi connectivity index (χ1) is 9.60. The fourth-order valence-corrected chi connectivity index (χ4v) is 2.02. The van der Waals surface area contributed by atoms with Crippen LogP contribution in [-0.4, -0.2) is 21.7 Å². The maximum atomic E-state index is 6.10. The lowest BCUT2D eigenvalue weighted by Crippen LogP contribution is -2.07. The van der Waals surface area contributed by atoms with Crippen LogP contribution in [0.15, 0.2) is 10.6 Å². The van der Waals surface area contributed by atoms with E-state index in [0.717, 1.165) is 13.0 Å². The van der Waals surface area contributed by atoms with Crippen molar-refractivity contribution in [1.82, 2.24) is 15.1 Å². The zero-order valence-corrected chi connectivity index (χ0v) is 12.7. The SMILES string of the molecule is CCCNc1nc(NCc2nc(C)no2)c(Cl)cc1Cl. The van der Waals surface area contributed by atoms with Crippen molar-refractivity contribution in [3.8, 4) is 0 Å². The van der Waals surface area contributed by atoms with E-state index in [0.29, 0.717) is 39.9 Å². The molecule has 20 heavy (non-hydrogen) atoms. The van der Waals surface area contributed by atoms with Gasteiger partial charge >= 0.3 is 0 Å². The molecule has 0 aliphatic carbocycles. The Morgan fingerprint density at radius 3 is 2.45 bits per heavy atom. The zero-order chi connectivity index (χ0) is 14.5. The minimum atomic E-state index is 0.350. The Kier molecular flexibility index (Phi) is 5.03. The van der Waals surface area contributed by atoms with Crippen LogP contribution in [0.25, 0.3) is 0 Å². The van der Waals surface area contributed by atoms with Gasteiger partial charge in [-0.1, -0.05) is 35.3 Å². The van der Waals surface area contributed by atoms with Crippen molar-refractivity contribution in [2.45, 2.75) is 26.8 Å². The Labute approximate surface area is 126 Å². The summed E-state index contributed by atoms with van der Waals surface area (Å²) in [6.45, 7) is 4.96. The van der Waals surface area contributed by atoms with Crippen molar-refractivity contribution in [2.75, 3.05) is 17.2 Å². The number of hydrogen-bond donors (Lipinski definition) is 2. The van der Waals surface area contributed by atoms with E-state index in [1.165, 1.54) is 0 Å². The summed E-state index contributed by atoms with van der Waals surface area (Å²) in [5.41, 5.74) is 0. The third-order valence-electron chi connectivity index (χ3n) is 2.45. The Balaban J connectivity index is 2.09. The molecule has 0 atom stereocenters. The molecular formula is C12H15Cl2N5O. The van der Waals surface area contributed by atoms with Gasteiger partial charge in [0.2, 0.25) is 5.89 Å². The summed E-state index contributed by atoms with van der Waals surface area (Å²) >= 11 is 12.2. The maximum Gasteiger partial charge on any atom is 0.245 e. The minimum Gasteiger partial charge on any atom is -0.369 e. The molecule has 108 valence electrons. The van der Waals surface area contributed by atoms with Crippen molar-refractivity contribution >= 4 is 34.8 Å². The second-order valence-corrected chi connectivity index (χ2v) is 4.98. The smallest absolute Gasteiger partial charge is 0.245 e. The van der Waals surface area contributed by atoms with E-state index >= 15 is 0 Å². The Morgan fingerprint density at radius 2 is 1.85 bits per heavy atom. The van der Waals surface area contributed by atoms with E-state index in [1.807, 2.05) is 0 Å². The summed E-state index contributed by atoms with van der Waals surface area (Å²) in [4.78, 5) is 8.45. The van der Waals surface area contributed by atoms with Crippen LogP contribution in [0.4, 0.5) is 11.6 Å². The van der Waals surface area contributed by atoms with Gasteiger partial charge in [0.05, 0.1) is 16.6 Å². The first-order valence-electron chi connectivity index (χ1n) is 6.23. The van der Waals surface area contributed by atoms with E-state index in [-0.39, 0.29) is 0 Å². The quantitative estimate of drug-likeness (QED) is 0.849. The van der Waals surface area contributed by atoms with Crippen molar-refractivity contribution < 1.29 is 4.52 Å². The van der Waals surface area contributed by atoms with Gasteiger partial charge < -0.3 is 15.2 Å². The third kappa shape index (κ3) is 3.74. The van der Waals surface area contributed by atoms with E-state index in [4.69, 9.17) is 27.7 Å². The maximum absolute atomic E-state index is 6.10. The molecule has 6 nitrogen and oxygen atoms in total. The lowest BCUT2D eigenvalue weighted by atomic mass is 10.4. The molecule has 2 rings (SSSR count). The molecule has 0 bridgehead atoms. The van der Waals surface area contributed by atoms with Gasteiger partial charge in [-0.15, -0.1) is 0 Å². The van der Waals surface area contributed by atoms with Gasteiger partial charge in [0, 0.05) is 6.54 Å². The van der Waals surface area contributed by atoms with Gasteiger partial charge in [-0.25, -0.2) is 4.98 Å². The van der Waals surface area contributed by atoms with Gasteiger partial charge in [-0.2, -0.15) is 4.98 Å². The normalized spacial score (nSPS) is 10.6. The monoisotopic (exact) mass is 315 g/mol. The highest BCUT2D eigenvalue weighted by molar-refractivity contribution is 6.37. The number of rotatable bonds is 6. The number of nitrogens with zero attached hydrogens (tertiary/aromatic N) is 3. The predicted octanol–water partition coefficient (Wildman–Crippen LogP) is 3.51. The highest BCUT2D eigenvalue weighted by Gasteiger charge is 2.10. The number of nitrogens with one attached hydrogen (secondary N) is 2. The summed E-state index contributed by atoms with van der Waals surface area (Å²) < 4.78 is 5.01. The highest BCUT2D eigenvalue weighted by atomic mass is 35.5. The molecule has 0 unspecified atom stereocenters. The molecule has 2 aromatic heterocycles. The van der Waals surface area contributed by atoms with Crippen LogP contribution in [-0.2, 0) is 6.54 Å². The summed E-state index contributed by atoms with van der Waals surface area (Å²) in [6.07, 6.45) is 0.977. The van der Waals surface area contributed by atoms with Crippen LogP contribution < -0.4 is 10.6 Å². The molecule has 2 heterocycles. The number of halogens is 2. The molecule has 0 spiro atoms.